The van der Waals surface area contributed by atoms with Crippen molar-refractivity contribution in [3.05, 3.63) is 69.7 Å². The second-order valence-electron chi connectivity index (χ2n) is 8.54. The van der Waals surface area contributed by atoms with E-state index >= 15 is 0 Å². The number of nitrogens with zero attached hydrogens (tertiary/aromatic N) is 1. The normalized spacial score (nSPS) is 13.9. The van der Waals surface area contributed by atoms with Crippen LogP contribution >= 0.6 is 11.3 Å². The van der Waals surface area contributed by atoms with E-state index in [-0.39, 0.29) is 5.97 Å². The molecule has 0 fully saturated rings. The summed E-state index contributed by atoms with van der Waals surface area (Å²) in [6.45, 7) is 5.10. The molecule has 34 heavy (non-hydrogen) atoms. The van der Waals surface area contributed by atoms with Gasteiger partial charge in [0.2, 0.25) is 0 Å². The minimum Gasteiger partial charge on any atom is -0.493 e. The minimum absolute atomic E-state index is 0.319. The van der Waals surface area contributed by atoms with E-state index in [2.05, 4.69) is 31.2 Å². The van der Waals surface area contributed by atoms with Crippen molar-refractivity contribution in [2.24, 2.45) is 0 Å². The molecule has 0 N–H and O–H groups in total. The molecule has 6 heteroatoms. The number of ether oxygens (including phenoxy) is 3. The van der Waals surface area contributed by atoms with Gasteiger partial charge in [-0.2, -0.15) is 0 Å². The Morgan fingerprint density at radius 1 is 1.09 bits per heavy atom. The maximum absolute atomic E-state index is 12.2. The highest BCUT2D eigenvalue weighted by Crippen LogP contribution is 2.34. The molecule has 0 saturated heterocycles. The Balaban J connectivity index is 1.46. The molecule has 180 valence electrons. The molecule has 0 bridgehead atoms. The number of fused-ring (bicyclic) bond motifs is 1. The average molecular weight is 480 g/mol. The molecule has 0 amide bonds. The Morgan fingerprint density at radius 3 is 2.59 bits per heavy atom. The number of carbonyl (C=O) groups is 1. The van der Waals surface area contributed by atoms with Gasteiger partial charge in [0.1, 0.15) is 10.8 Å². The number of esters is 1. The van der Waals surface area contributed by atoms with Gasteiger partial charge in [0.25, 0.3) is 0 Å². The Hall–Kier alpha value is -2.70. The van der Waals surface area contributed by atoms with Crippen molar-refractivity contribution >= 4 is 17.3 Å². The van der Waals surface area contributed by atoms with E-state index in [1.165, 1.54) is 23.1 Å². The zero-order valence-electron chi connectivity index (χ0n) is 20.3. The molecule has 1 unspecified atom stereocenters. The van der Waals surface area contributed by atoms with E-state index in [0.717, 1.165) is 59.7 Å². The van der Waals surface area contributed by atoms with Crippen LogP contribution in [0, 0.1) is 6.92 Å². The quantitative estimate of drug-likeness (QED) is 0.347. The first-order chi connectivity index (χ1) is 16.6. The molecule has 3 aromatic rings. The van der Waals surface area contributed by atoms with E-state index in [1.54, 1.807) is 11.3 Å². The third kappa shape index (κ3) is 5.68. The van der Waals surface area contributed by atoms with Crippen molar-refractivity contribution in [1.82, 2.24) is 4.98 Å². The molecule has 1 aliphatic rings. The van der Waals surface area contributed by atoms with Gasteiger partial charge in [-0.3, -0.25) is 0 Å². The molecular formula is C28H33NO4S. The lowest BCUT2D eigenvalue weighted by Gasteiger charge is -2.24. The van der Waals surface area contributed by atoms with E-state index < -0.39 is 6.10 Å². The van der Waals surface area contributed by atoms with Crippen LogP contribution in [0.2, 0.25) is 0 Å². The lowest BCUT2D eigenvalue weighted by molar-refractivity contribution is -0.153. The highest BCUT2D eigenvalue weighted by atomic mass is 32.1. The highest BCUT2D eigenvalue weighted by Gasteiger charge is 2.24. The Morgan fingerprint density at radius 2 is 1.85 bits per heavy atom. The Kier molecular flexibility index (Phi) is 8.35. The van der Waals surface area contributed by atoms with E-state index in [0.29, 0.717) is 19.6 Å². The summed E-state index contributed by atoms with van der Waals surface area (Å²) in [5.41, 5.74) is 6.02. The summed E-state index contributed by atoms with van der Waals surface area (Å²) < 4.78 is 16.9. The summed E-state index contributed by atoms with van der Waals surface area (Å²) in [6, 6.07) is 14.5. The highest BCUT2D eigenvalue weighted by molar-refractivity contribution is 7.15. The van der Waals surface area contributed by atoms with Crippen LogP contribution in [0.4, 0.5) is 0 Å². The van der Waals surface area contributed by atoms with E-state index in [9.17, 15) is 4.79 Å². The molecule has 0 saturated carbocycles. The molecule has 0 spiro atoms. The SMILES string of the molecule is CCOC(Cc1ccc(OCCc2nc(-c3ccccc3)sc2C)c2c1CCCC2)C(=O)OC. The summed E-state index contributed by atoms with van der Waals surface area (Å²) >= 11 is 1.74. The van der Waals surface area contributed by atoms with Gasteiger partial charge in [0.15, 0.2) is 6.10 Å². The lowest BCUT2D eigenvalue weighted by atomic mass is 9.86. The number of methoxy groups -OCH3 is 1. The third-order valence-electron chi connectivity index (χ3n) is 6.34. The zero-order chi connectivity index (χ0) is 23.9. The van der Waals surface area contributed by atoms with Crippen LogP contribution in [0.1, 0.15) is 47.0 Å². The Bertz CT molecular complexity index is 1110. The molecule has 2 aromatic carbocycles. The number of hydrogen-bond donors (Lipinski definition) is 0. The van der Waals surface area contributed by atoms with Crippen molar-refractivity contribution < 1.29 is 19.0 Å². The summed E-state index contributed by atoms with van der Waals surface area (Å²) in [4.78, 5) is 18.3. The van der Waals surface area contributed by atoms with Crippen LogP contribution in [-0.2, 0) is 40.0 Å². The monoisotopic (exact) mass is 479 g/mol. The van der Waals surface area contributed by atoms with Gasteiger partial charge in [-0.1, -0.05) is 36.4 Å². The largest absolute Gasteiger partial charge is 0.493 e. The lowest BCUT2D eigenvalue weighted by Crippen LogP contribution is -2.28. The van der Waals surface area contributed by atoms with Crippen LogP contribution in [0.15, 0.2) is 42.5 Å². The molecule has 0 aliphatic heterocycles. The molecule has 5 nitrogen and oxygen atoms in total. The second-order valence-corrected chi connectivity index (χ2v) is 9.75. The first kappa shape index (κ1) is 24.4. The predicted octanol–water partition coefficient (Wildman–Crippen LogP) is 5.74. The fraction of sp³-hybridized carbons (Fsp3) is 0.429. The van der Waals surface area contributed by atoms with Gasteiger partial charge in [-0.25, -0.2) is 9.78 Å². The number of hydrogen-bond acceptors (Lipinski definition) is 6. The summed E-state index contributed by atoms with van der Waals surface area (Å²) in [6.07, 6.45) is 5.06. The van der Waals surface area contributed by atoms with Crippen LogP contribution in [-0.4, -0.2) is 37.4 Å². The first-order valence-corrected chi connectivity index (χ1v) is 12.9. The van der Waals surface area contributed by atoms with Crippen LogP contribution in [0.3, 0.4) is 0 Å². The molecule has 1 atom stereocenters. The Labute approximate surface area is 206 Å². The fourth-order valence-electron chi connectivity index (χ4n) is 4.60. The molecule has 1 aromatic heterocycles. The molecule has 4 rings (SSSR count). The van der Waals surface area contributed by atoms with Gasteiger partial charge in [-0.15, -0.1) is 11.3 Å². The number of thiazole rings is 1. The second kappa shape index (κ2) is 11.6. The van der Waals surface area contributed by atoms with E-state index in [1.807, 2.05) is 25.1 Å². The number of benzene rings is 2. The molecule has 0 radical (unpaired) electrons. The first-order valence-electron chi connectivity index (χ1n) is 12.1. The molecule has 1 aliphatic carbocycles. The van der Waals surface area contributed by atoms with Crippen molar-refractivity contribution in [2.45, 2.75) is 58.5 Å². The molecule has 1 heterocycles. The maximum Gasteiger partial charge on any atom is 0.335 e. The summed E-state index contributed by atoms with van der Waals surface area (Å²) in [5, 5.41) is 1.06. The van der Waals surface area contributed by atoms with Gasteiger partial charge in [-0.05, 0) is 62.3 Å². The number of carbonyl (C=O) groups excluding carboxylic acids is 1. The zero-order valence-corrected chi connectivity index (χ0v) is 21.1. The van der Waals surface area contributed by atoms with Crippen molar-refractivity contribution in [1.29, 1.82) is 0 Å². The van der Waals surface area contributed by atoms with Crippen molar-refractivity contribution in [2.75, 3.05) is 20.3 Å². The fourth-order valence-corrected chi connectivity index (χ4v) is 5.57. The standard InChI is InChI=1S/C28H33NO4S/c1-4-32-26(28(30)31-3)18-21-14-15-25(23-13-9-8-12-22(21)23)33-17-16-24-19(2)34-27(29-24)20-10-6-5-7-11-20/h5-7,10-11,14-15,26H,4,8-9,12-13,16-18H2,1-3H3. The van der Waals surface area contributed by atoms with Crippen LogP contribution in [0.25, 0.3) is 10.6 Å². The smallest absolute Gasteiger partial charge is 0.335 e. The molecular weight excluding hydrogens is 446 g/mol. The van der Waals surface area contributed by atoms with Crippen LogP contribution in [0.5, 0.6) is 5.75 Å². The maximum atomic E-state index is 12.2. The summed E-state index contributed by atoms with van der Waals surface area (Å²) in [5.74, 6) is 0.640. The van der Waals surface area contributed by atoms with Gasteiger partial charge in [0.05, 0.1) is 19.4 Å². The van der Waals surface area contributed by atoms with E-state index in [4.69, 9.17) is 19.2 Å². The number of aromatic nitrogens is 1. The van der Waals surface area contributed by atoms with Gasteiger partial charge < -0.3 is 14.2 Å². The van der Waals surface area contributed by atoms with Crippen molar-refractivity contribution in [3.8, 4) is 16.3 Å². The average Bonchev–Trinajstić information content (AvgIpc) is 3.25. The van der Waals surface area contributed by atoms with Crippen LogP contribution < -0.4 is 4.74 Å². The van der Waals surface area contributed by atoms with Crippen molar-refractivity contribution in [3.63, 3.8) is 0 Å². The third-order valence-corrected chi connectivity index (χ3v) is 7.40. The predicted molar refractivity (Wildman–Crippen MR) is 136 cm³/mol. The van der Waals surface area contributed by atoms with Gasteiger partial charge >= 0.3 is 5.97 Å². The topological polar surface area (TPSA) is 57.7 Å². The number of aryl methyl sites for hydroxylation is 1. The minimum atomic E-state index is -0.570. The van der Waals surface area contributed by atoms with Gasteiger partial charge in [0, 0.05) is 29.9 Å². The summed E-state index contributed by atoms with van der Waals surface area (Å²) in [7, 11) is 1.41. The number of rotatable bonds is 10.